The van der Waals surface area contributed by atoms with E-state index in [0.29, 0.717) is 17.2 Å². The van der Waals surface area contributed by atoms with Crippen LogP contribution in [0.25, 0.3) is 0 Å². The number of fused-ring (bicyclic) bond motifs is 1. The van der Waals surface area contributed by atoms with Crippen molar-refractivity contribution in [1.29, 1.82) is 0 Å². The van der Waals surface area contributed by atoms with Crippen molar-refractivity contribution in [2.24, 2.45) is 5.92 Å². The first-order valence-electron chi connectivity index (χ1n) is 7.58. The third-order valence-electron chi connectivity index (χ3n) is 4.49. The summed E-state index contributed by atoms with van der Waals surface area (Å²) in [5.41, 5.74) is 1.24. The fraction of sp³-hybridized carbons (Fsp3) is 0.600. The van der Waals surface area contributed by atoms with Gasteiger partial charge in [-0.15, -0.1) is 0 Å². The molecule has 2 atom stereocenters. The summed E-state index contributed by atoms with van der Waals surface area (Å²) in [6.45, 7) is 1.63. The summed E-state index contributed by atoms with van der Waals surface area (Å²) in [6.07, 6.45) is 4.78. The zero-order valence-corrected chi connectivity index (χ0v) is 13.0. The van der Waals surface area contributed by atoms with Crippen LogP contribution in [0.3, 0.4) is 0 Å². The molecule has 3 rings (SSSR count). The van der Waals surface area contributed by atoms with Crippen LogP contribution in [-0.2, 0) is 10.0 Å². The summed E-state index contributed by atoms with van der Waals surface area (Å²) in [5, 5.41) is 12.9. The number of aliphatic hydroxyl groups is 1. The molecule has 116 valence electrons. The van der Waals surface area contributed by atoms with Crippen LogP contribution in [0.4, 0.5) is 5.69 Å². The van der Waals surface area contributed by atoms with Crippen molar-refractivity contribution in [1.82, 2.24) is 4.72 Å². The average molecular weight is 310 g/mol. The Kier molecular flexibility index (Phi) is 3.94. The van der Waals surface area contributed by atoms with E-state index in [1.165, 1.54) is 19.3 Å². The minimum Gasteiger partial charge on any atom is -0.389 e. The second-order valence-corrected chi connectivity index (χ2v) is 7.76. The van der Waals surface area contributed by atoms with Crippen molar-refractivity contribution in [2.75, 3.05) is 5.32 Å². The molecule has 1 heterocycles. The number of benzene rings is 1. The van der Waals surface area contributed by atoms with E-state index >= 15 is 0 Å². The first-order chi connectivity index (χ1) is 9.97. The average Bonchev–Trinajstić information content (AvgIpc) is 2.47. The molecule has 1 aliphatic heterocycles. The molecule has 0 aromatic heterocycles. The van der Waals surface area contributed by atoms with E-state index in [4.69, 9.17) is 0 Å². The Balaban J connectivity index is 1.92. The van der Waals surface area contributed by atoms with Crippen LogP contribution in [0.2, 0.25) is 0 Å². The molecule has 1 fully saturated rings. The zero-order valence-electron chi connectivity index (χ0n) is 12.2. The van der Waals surface area contributed by atoms with Gasteiger partial charge in [-0.05, 0) is 43.4 Å². The molecule has 2 unspecified atom stereocenters. The summed E-state index contributed by atoms with van der Waals surface area (Å²) in [7, 11) is -3.52. The van der Waals surface area contributed by atoms with Gasteiger partial charge in [-0.25, -0.2) is 8.42 Å². The van der Waals surface area contributed by atoms with E-state index in [-0.39, 0.29) is 11.1 Å². The van der Waals surface area contributed by atoms with Crippen molar-refractivity contribution >= 4 is 15.7 Å². The van der Waals surface area contributed by atoms with Crippen molar-refractivity contribution in [3.63, 3.8) is 0 Å². The summed E-state index contributed by atoms with van der Waals surface area (Å²) in [6, 6.07) is 5.08. The second kappa shape index (κ2) is 5.59. The van der Waals surface area contributed by atoms with Crippen LogP contribution in [0.1, 0.15) is 50.7 Å². The normalized spacial score (nSPS) is 26.7. The van der Waals surface area contributed by atoms with Gasteiger partial charge in [0.05, 0.1) is 18.0 Å². The molecule has 1 aliphatic carbocycles. The van der Waals surface area contributed by atoms with E-state index in [1.54, 1.807) is 25.1 Å². The van der Waals surface area contributed by atoms with E-state index in [2.05, 4.69) is 10.0 Å². The van der Waals surface area contributed by atoms with Crippen LogP contribution in [0, 0.1) is 5.92 Å². The molecule has 2 aliphatic rings. The number of rotatable bonds is 2. The van der Waals surface area contributed by atoms with Crippen LogP contribution in [-0.4, -0.2) is 19.7 Å². The first-order valence-corrected chi connectivity index (χ1v) is 9.06. The predicted octanol–water partition coefficient (Wildman–Crippen LogP) is 2.35. The number of hydrogen-bond acceptors (Lipinski definition) is 4. The number of sulfonamides is 1. The van der Waals surface area contributed by atoms with Gasteiger partial charge >= 0.3 is 0 Å². The highest BCUT2D eigenvalue weighted by Gasteiger charge is 2.34. The summed E-state index contributed by atoms with van der Waals surface area (Å²) >= 11 is 0. The van der Waals surface area contributed by atoms with E-state index in [9.17, 15) is 13.5 Å². The van der Waals surface area contributed by atoms with Gasteiger partial charge < -0.3 is 10.4 Å². The Hall–Kier alpha value is -1.11. The van der Waals surface area contributed by atoms with Gasteiger partial charge in [0.25, 0.3) is 0 Å². The fourth-order valence-corrected chi connectivity index (χ4v) is 4.67. The van der Waals surface area contributed by atoms with Crippen LogP contribution >= 0.6 is 0 Å². The Bertz CT molecular complexity index is 622. The topological polar surface area (TPSA) is 78.4 Å². The lowest BCUT2D eigenvalue weighted by atomic mass is 9.87. The molecule has 0 bridgehead atoms. The van der Waals surface area contributed by atoms with Gasteiger partial charge in [-0.3, -0.25) is 0 Å². The number of nitrogens with one attached hydrogen (secondary N) is 2. The molecular weight excluding hydrogens is 288 g/mol. The van der Waals surface area contributed by atoms with Gasteiger partial charge in [0.2, 0.25) is 10.0 Å². The standard InChI is InChI=1S/C15H22N2O3S/c1-10(18)12-7-8-13-14(9-12)21(19,20)17-15(16-13)11-5-3-2-4-6-11/h7-11,15-18H,2-6H2,1H3. The number of aliphatic hydroxyl groups excluding tert-OH is 1. The number of anilines is 1. The zero-order chi connectivity index (χ0) is 15.0. The predicted molar refractivity (Wildman–Crippen MR) is 81.4 cm³/mol. The minimum atomic E-state index is -3.52. The maximum Gasteiger partial charge on any atom is 0.244 e. The molecule has 5 nitrogen and oxygen atoms in total. The molecule has 0 spiro atoms. The molecule has 0 radical (unpaired) electrons. The highest BCUT2D eigenvalue weighted by molar-refractivity contribution is 7.89. The van der Waals surface area contributed by atoms with E-state index < -0.39 is 16.1 Å². The Morgan fingerprint density at radius 2 is 1.95 bits per heavy atom. The second-order valence-electron chi connectivity index (χ2n) is 6.07. The molecule has 21 heavy (non-hydrogen) atoms. The SMILES string of the molecule is CC(O)c1ccc2c(c1)S(=O)(=O)NC(C1CCCCC1)N2. The van der Waals surface area contributed by atoms with Gasteiger partial charge in [0, 0.05) is 0 Å². The van der Waals surface area contributed by atoms with Crippen molar-refractivity contribution in [2.45, 2.75) is 56.2 Å². The molecule has 3 N–H and O–H groups in total. The van der Waals surface area contributed by atoms with Gasteiger partial charge in [-0.1, -0.05) is 25.3 Å². The lowest BCUT2D eigenvalue weighted by Gasteiger charge is -2.35. The van der Waals surface area contributed by atoms with E-state index in [1.807, 2.05) is 0 Å². The number of hydrogen-bond donors (Lipinski definition) is 3. The molecule has 6 heteroatoms. The minimum absolute atomic E-state index is 0.222. The molecular formula is C15H22N2O3S. The van der Waals surface area contributed by atoms with Crippen molar-refractivity contribution in [3.8, 4) is 0 Å². The maximum absolute atomic E-state index is 12.5. The van der Waals surface area contributed by atoms with E-state index in [0.717, 1.165) is 12.8 Å². The van der Waals surface area contributed by atoms with Crippen LogP contribution < -0.4 is 10.0 Å². The van der Waals surface area contributed by atoms with Crippen molar-refractivity contribution in [3.05, 3.63) is 23.8 Å². The van der Waals surface area contributed by atoms with Gasteiger partial charge in [0.15, 0.2) is 0 Å². The molecule has 1 saturated carbocycles. The maximum atomic E-state index is 12.5. The van der Waals surface area contributed by atoms with Gasteiger partial charge in [0.1, 0.15) is 4.90 Å². The summed E-state index contributed by atoms with van der Waals surface area (Å²) in [4.78, 5) is 0.230. The Labute approximate surface area is 125 Å². The highest BCUT2D eigenvalue weighted by Crippen LogP contribution is 2.34. The Morgan fingerprint density at radius 3 is 2.62 bits per heavy atom. The largest absolute Gasteiger partial charge is 0.389 e. The third kappa shape index (κ3) is 2.93. The summed E-state index contributed by atoms with van der Waals surface area (Å²) < 4.78 is 27.7. The smallest absolute Gasteiger partial charge is 0.244 e. The monoisotopic (exact) mass is 310 g/mol. The fourth-order valence-electron chi connectivity index (χ4n) is 3.25. The Morgan fingerprint density at radius 1 is 1.24 bits per heavy atom. The third-order valence-corrected chi connectivity index (χ3v) is 5.97. The van der Waals surface area contributed by atoms with Gasteiger partial charge in [-0.2, -0.15) is 4.72 Å². The molecule has 1 aromatic rings. The van der Waals surface area contributed by atoms with Crippen LogP contribution in [0.5, 0.6) is 0 Å². The quantitative estimate of drug-likeness (QED) is 0.783. The molecule has 1 aromatic carbocycles. The first kappa shape index (κ1) is 14.8. The highest BCUT2D eigenvalue weighted by atomic mass is 32.2. The molecule has 0 amide bonds. The molecule has 0 saturated heterocycles. The summed E-state index contributed by atoms with van der Waals surface area (Å²) in [5.74, 6) is 0.345. The lowest BCUT2D eigenvalue weighted by molar-refractivity contribution is 0.199. The van der Waals surface area contributed by atoms with Crippen molar-refractivity contribution < 1.29 is 13.5 Å². The van der Waals surface area contributed by atoms with Crippen LogP contribution in [0.15, 0.2) is 23.1 Å². The lowest BCUT2D eigenvalue weighted by Crippen LogP contribution is -2.49.